The maximum Gasteiger partial charge on any atom is 0.137 e. The van der Waals surface area contributed by atoms with E-state index in [1.54, 1.807) is 0 Å². The third-order valence-corrected chi connectivity index (χ3v) is 4.78. The Morgan fingerprint density at radius 1 is 1.00 bits per heavy atom. The van der Waals surface area contributed by atoms with Crippen LogP contribution in [0.1, 0.15) is 44.8 Å². The summed E-state index contributed by atoms with van der Waals surface area (Å²) in [6.45, 7) is 12.2. The van der Waals surface area contributed by atoms with E-state index >= 15 is 0 Å². The van der Waals surface area contributed by atoms with E-state index in [0.29, 0.717) is 0 Å². The zero-order valence-corrected chi connectivity index (χ0v) is 13.8. The van der Waals surface area contributed by atoms with Crippen molar-refractivity contribution in [2.24, 2.45) is 5.41 Å². The third-order valence-electron chi connectivity index (χ3n) is 4.78. The average Bonchev–Trinajstić information content (AvgIpc) is 2.78. The van der Waals surface area contributed by atoms with Gasteiger partial charge in [-0.05, 0) is 38.1 Å². The number of aromatic nitrogens is 2. The summed E-state index contributed by atoms with van der Waals surface area (Å²) in [7, 11) is 0. The molecular formula is C18H24N2O. The minimum absolute atomic E-state index is 0.334. The Morgan fingerprint density at radius 3 is 2.10 bits per heavy atom. The fourth-order valence-corrected chi connectivity index (χ4v) is 2.40. The Morgan fingerprint density at radius 2 is 1.57 bits per heavy atom. The molecule has 112 valence electrons. The predicted octanol–water partition coefficient (Wildman–Crippen LogP) is 3.99. The number of carbonyl (C=O) groups is 1. The van der Waals surface area contributed by atoms with E-state index in [0.717, 1.165) is 29.2 Å². The fraction of sp³-hybridized carbons (Fsp3) is 0.444. The molecule has 0 unspecified atom stereocenters. The van der Waals surface area contributed by atoms with Gasteiger partial charge in [0.15, 0.2) is 0 Å². The smallest absolute Gasteiger partial charge is 0.137 e. The fourth-order valence-electron chi connectivity index (χ4n) is 2.40. The van der Waals surface area contributed by atoms with Crippen molar-refractivity contribution in [2.75, 3.05) is 0 Å². The van der Waals surface area contributed by atoms with Crippen molar-refractivity contribution in [3.63, 3.8) is 0 Å². The topological polar surface area (TPSA) is 34.9 Å². The summed E-state index contributed by atoms with van der Waals surface area (Å²) in [6.07, 6.45) is 1.02. The van der Waals surface area contributed by atoms with E-state index in [1.165, 1.54) is 0 Å². The van der Waals surface area contributed by atoms with Crippen molar-refractivity contribution in [3.05, 3.63) is 47.4 Å². The summed E-state index contributed by atoms with van der Waals surface area (Å²) < 4.78 is 2.13. The first-order chi connectivity index (χ1) is 9.70. The minimum atomic E-state index is -0.473. The van der Waals surface area contributed by atoms with Gasteiger partial charge in [-0.3, -0.25) is 0 Å². The third kappa shape index (κ3) is 2.53. The first-order valence-corrected chi connectivity index (χ1v) is 7.30. The van der Waals surface area contributed by atoms with Gasteiger partial charge in [0, 0.05) is 27.9 Å². The molecule has 3 heteroatoms. The molecule has 0 aliphatic rings. The number of hydrogen-bond donors (Lipinski definition) is 0. The first-order valence-electron chi connectivity index (χ1n) is 7.30. The van der Waals surface area contributed by atoms with Gasteiger partial charge in [0.1, 0.15) is 12.1 Å². The van der Waals surface area contributed by atoms with E-state index in [1.807, 2.05) is 32.0 Å². The lowest BCUT2D eigenvalue weighted by molar-refractivity contribution is -0.117. The zero-order chi connectivity index (χ0) is 15.8. The van der Waals surface area contributed by atoms with Crippen molar-refractivity contribution >= 4 is 6.29 Å². The summed E-state index contributed by atoms with van der Waals surface area (Å²) in [5.74, 6) is 0.905. The van der Waals surface area contributed by atoms with Crippen molar-refractivity contribution in [1.82, 2.24) is 9.55 Å². The van der Waals surface area contributed by atoms with Crippen LogP contribution in [0.4, 0.5) is 0 Å². The number of rotatable bonds is 4. The highest BCUT2D eigenvalue weighted by Crippen LogP contribution is 2.39. The lowest BCUT2D eigenvalue weighted by atomic mass is 9.67. The zero-order valence-electron chi connectivity index (χ0n) is 13.8. The maximum absolute atomic E-state index is 11.4. The van der Waals surface area contributed by atoms with Crippen LogP contribution in [-0.2, 0) is 10.2 Å². The molecule has 0 bridgehead atoms. The second kappa shape index (κ2) is 5.14. The standard InChI is InChI=1S/C18H24N2O/c1-13-10-11-14(2)20(13)16-9-7-8-15(19-16)18(5,6)17(3,4)12-21/h7-12H,1-6H3. The molecule has 2 aromatic rings. The Balaban J connectivity index is 2.56. The molecule has 0 spiro atoms. The van der Waals surface area contributed by atoms with Crippen LogP contribution < -0.4 is 0 Å². The van der Waals surface area contributed by atoms with Crippen LogP contribution in [0.3, 0.4) is 0 Å². The number of aldehydes is 1. The molecule has 0 N–H and O–H groups in total. The average molecular weight is 284 g/mol. The SMILES string of the molecule is Cc1ccc(C)n1-c1cccc(C(C)(C)C(C)(C)C=O)n1. The van der Waals surface area contributed by atoms with Gasteiger partial charge in [0.05, 0.1) is 0 Å². The lowest BCUT2D eigenvalue weighted by Crippen LogP contribution is -2.38. The number of carbonyl (C=O) groups excluding carboxylic acids is 1. The van der Waals surface area contributed by atoms with Crippen LogP contribution in [-0.4, -0.2) is 15.8 Å². The molecule has 0 saturated carbocycles. The first kappa shape index (κ1) is 15.5. The van der Waals surface area contributed by atoms with E-state index < -0.39 is 5.41 Å². The van der Waals surface area contributed by atoms with Gasteiger partial charge in [0.2, 0.25) is 0 Å². The largest absolute Gasteiger partial charge is 0.303 e. The van der Waals surface area contributed by atoms with Crippen LogP contribution in [0.25, 0.3) is 5.82 Å². The highest BCUT2D eigenvalue weighted by molar-refractivity contribution is 5.61. The maximum atomic E-state index is 11.4. The van der Waals surface area contributed by atoms with Gasteiger partial charge >= 0.3 is 0 Å². The number of aryl methyl sites for hydroxylation is 2. The summed E-state index contributed by atoms with van der Waals surface area (Å²) in [5.41, 5.74) is 2.44. The number of pyridine rings is 1. The molecule has 0 aliphatic heterocycles. The van der Waals surface area contributed by atoms with Gasteiger partial charge in [-0.25, -0.2) is 4.98 Å². The molecular weight excluding hydrogens is 260 g/mol. The Kier molecular flexibility index (Phi) is 3.79. The molecule has 2 heterocycles. The van der Waals surface area contributed by atoms with Gasteiger partial charge in [-0.1, -0.05) is 33.8 Å². The molecule has 0 aliphatic carbocycles. The molecule has 0 fully saturated rings. The normalized spacial score (nSPS) is 12.5. The van der Waals surface area contributed by atoms with E-state index in [2.05, 4.69) is 44.4 Å². The van der Waals surface area contributed by atoms with Crippen LogP contribution in [0.2, 0.25) is 0 Å². The second-order valence-electron chi connectivity index (χ2n) is 6.80. The van der Waals surface area contributed by atoms with Crippen molar-refractivity contribution in [3.8, 4) is 5.82 Å². The molecule has 2 aromatic heterocycles. The minimum Gasteiger partial charge on any atom is -0.303 e. The molecule has 0 atom stereocenters. The van der Waals surface area contributed by atoms with Gasteiger partial charge in [-0.2, -0.15) is 0 Å². The number of hydrogen-bond acceptors (Lipinski definition) is 2. The Bertz CT molecular complexity index is 646. The van der Waals surface area contributed by atoms with Crippen LogP contribution >= 0.6 is 0 Å². The molecule has 2 rings (SSSR count). The Hall–Kier alpha value is -1.90. The van der Waals surface area contributed by atoms with Gasteiger partial charge < -0.3 is 9.36 Å². The second-order valence-corrected chi connectivity index (χ2v) is 6.80. The highest BCUT2D eigenvalue weighted by Gasteiger charge is 2.39. The predicted molar refractivity (Wildman–Crippen MR) is 85.9 cm³/mol. The van der Waals surface area contributed by atoms with E-state index in [9.17, 15) is 4.79 Å². The Labute approximate surface area is 127 Å². The van der Waals surface area contributed by atoms with Gasteiger partial charge in [0.25, 0.3) is 0 Å². The quantitative estimate of drug-likeness (QED) is 0.796. The monoisotopic (exact) mass is 284 g/mol. The lowest BCUT2D eigenvalue weighted by Gasteiger charge is -2.37. The van der Waals surface area contributed by atoms with Crippen molar-refractivity contribution in [1.29, 1.82) is 0 Å². The van der Waals surface area contributed by atoms with E-state index in [4.69, 9.17) is 4.98 Å². The molecule has 0 radical (unpaired) electrons. The van der Waals surface area contributed by atoms with Crippen LogP contribution in [0, 0.1) is 19.3 Å². The van der Waals surface area contributed by atoms with Crippen LogP contribution in [0.5, 0.6) is 0 Å². The van der Waals surface area contributed by atoms with Gasteiger partial charge in [-0.15, -0.1) is 0 Å². The highest BCUT2D eigenvalue weighted by atomic mass is 16.1. The number of nitrogens with zero attached hydrogens (tertiary/aromatic N) is 2. The van der Waals surface area contributed by atoms with Crippen molar-refractivity contribution < 1.29 is 4.79 Å². The van der Waals surface area contributed by atoms with Crippen LogP contribution in [0.15, 0.2) is 30.3 Å². The molecule has 0 aromatic carbocycles. The summed E-state index contributed by atoms with van der Waals surface area (Å²) in [6, 6.07) is 10.2. The van der Waals surface area contributed by atoms with E-state index in [-0.39, 0.29) is 5.41 Å². The molecule has 3 nitrogen and oxygen atoms in total. The van der Waals surface area contributed by atoms with Crippen molar-refractivity contribution in [2.45, 2.75) is 47.0 Å². The molecule has 21 heavy (non-hydrogen) atoms. The summed E-state index contributed by atoms with van der Waals surface area (Å²) >= 11 is 0. The molecule has 0 saturated heterocycles. The molecule has 0 amide bonds. The summed E-state index contributed by atoms with van der Waals surface area (Å²) in [4.78, 5) is 16.3. The summed E-state index contributed by atoms with van der Waals surface area (Å²) in [5, 5.41) is 0.